The Morgan fingerprint density at radius 1 is 0.931 bits per heavy atom. The summed E-state index contributed by atoms with van der Waals surface area (Å²) >= 11 is 0. The van der Waals surface area contributed by atoms with Crippen molar-refractivity contribution in [3.05, 3.63) is 71.8 Å². The monoisotopic (exact) mass is 421 g/mol. The van der Waals surface area contributed by atoms with Crippen molar-refractivity contribution in [2.24, 2.45) is 0 Å². The number of carbonyl (C=O) groups excluding carboxylic acids is 1. The van der Waals surface area contributed by atoms with Gasteiger partial charge in [-0.25, -0.2) is 4.79 Å². The Hall–Kier alpha value is -1.96. The van der Waals surface area contributed by atoms with Gasteiger partial charge in [-0.3, -0.25) is 0 Å². The van der Waals surface area contributed by atoms with Gasteiger partial charge >= 0.3 is 5.97 Å². The zero-order valence-electron chi connectivity index (χ0n) is 16.5. The number of rotatable bonds is 6. The van der Waals surface area contributed by atoms with Crippen LogP contribution in [0.4, 0.5) is 0 Å². The van der Waals surface area contributed by atoms with Crippen molar-refractivity contribution in [2.45, 2.75) is 44.5 Å². The van der Waals surface area contributed by atoms with Crippen molar-refractivity contribution in [1.82, 2.24) is 0 Å². The predicted octanol–water partition coefficient (Wildman–Crippen LogP) is -1.27. The third kappa shape index (κ3) is 7.10. The van der Waals surface area contributed by atoms with E-state index in [0.29, 0.717) is 19.8 Å². The second kappa shape index (κ2) is 11.9. The van der Waals surface area contributed by atoms with Gasteiger partial charge in [0.1, 0.15) is 24.9 Å². The van der Waals surface area contributed by atoms with Crippen molar-refractivity contribution >= 4 is 5.97 Å². The molecule has 1 aliphatic heterocycles. The highest BCUT2D eigenvalue weighted by Crippen LogP contribution is 2.19. The quantitative estimate of drug-likeness (QED) is 0.588. The van der Waals surface area contributed by atoms with Crippen molar-refractivity contribution in [1.29, 1.82) is 0 Å². The third-order valence-corrected chi connectivity index (χ3v) is 4.66. The molecule has 158 valence electrons. The minimum absolute atomic E-state index is 0. The van der Waals surface area contributed by atoms with Gasteiger partial charge in [0.2, 0.25) is 6.04 Å². The van der Waals surface area contributed by atoms with E-state index in [1.165, 1.54) is 0 Å². The standard InChI is InChI=1S/C22H27NO5.ClH/c1-16-21(27-13-18-10-6-3-7-11-18)20(15-25-14-19(23)22(24)28-16)26-12-17-8-4-2-5-9-17;/h2-11,16,19-21H,12-15,23H2,1H3;1H/t16-,19-,20-,21-;/m0./s1. The second-order valence-electron chi connectivity index (χ2n) is 6.97. The lowest BCUT2D eigenvalue weighted by Gasteiger charge is -2.30. The van der Waals surface area contributed by atoms with Gasteiger partial charge in [-0.05, 0) is 18.1 Å². The molecular weight excluding hydrogens is 394 g/mol. The van der Waals surface area contributed by atoms with Crippen LogP contribution in [0, 0.1) is 0 Å². The van der Waals surface area contributed by atoms with Gasteiger partial charge in [0.25, 0.3) is 0 Å². The van der Waals surface area contributed by atoms with Crippen LogP contribution >= 0.6 is 0 Å². The smallest absolute Gasteiger partial charge is 0.367 e. The molecule has 1 saturated heterocycles. The molecule has 1 aliphatic rings. The average Bonchev–Trinajstić information content (AvgIpc) is 2.76. The minimum Gasteiger partial charge on any atom is -1.00 e. The summed E-state index contributed by atoms with van der Waals surface area (Å²) in [6, 6.07) is 19.2. The number of esters is 1. The first-order chi connectivity index (χ1) is 13.6. The highest BCUT2D eigenvalue weighted by Gasteiger charge is 2.35. The molecule has 0 aliphatic carbocycles. The summed E-state index contributed by atoms with van der Waals surface area (Å²) in [7, 11) is 0. The number of ether oxygens (including phenoxy) is 4. The summed E-state index contributed by atoms with van der Waals surface area (Å²) < 4.78 is 23.6. The fourth-order valence-electron chi connectivity index (χ4n) is 3.07. The topological polar surface area (TPSA) is 81.6 Å². The molecule has 2 aromatic carbocycles. The van der Waals surface area contributed by atoms with Crippen molar-refractivity contribution < 1.29 is 41.9 Å². The first kappa shape index (κ1) is 23.3. The molecule has 7 heteroatoms. The van der Waals surface area contributed by atoms with Gasteiger partial charge in [-0.2, -0.15) is 0 Å². The van der Waals surface area contributed by atoms with E-state index in [0.717, 1.165) is 11.1 Å². The van der Waals surface area contributed by atoms with Crippen molar-refractivity contribution in [3.63, 3.8) is 0 Å². The highest BCUT2D eigenvalue weighted by molar-refractivity contribution is 5.74. The van der Waals surface area contributed by atoms with Crippen molar-refractivity contribution in [2.75, 3.05) is 13.2 Å². The lowest BCUT2D eigenvalue weighted by Crippen LogP contribution is -3.00. The van der Waals surface area contributed by atoms with E-state index in [2.05, 4.69) is 5.73 Å². The molecule has 0 bridgehead atoms. The summed E-state index contributed by atoms with van der Waals surface area (Å²) in [5, 5.41) is 0. The summed E-state index contributed by atoms with van der Waals surface area (Å²) in [4.78, 5) is 12.2. The molecule has 6 nitrogen and oxygen atoms in total. The Balaban J connectivity index is 0.00000300. The molecule has 2 aromatic rings. The summed E-state index contributed by atoms with van der Waals surface area (Å²) in [6.45, 7) is 3.15. The van der Waals surface area contributed by atoms with Crippen LogP contribution < -0.4 is 18.1 Å². The van der Waals surface area contributed by atoms with Gasteiger partial charge in [-0.15, -0.1) is 0 Å². The van der Waals surface area contributed by atoms with Crippen LogP contribution in [0.5, 0.6) is 0 Å². The molecular formula is C22H28ClNO5. The Kier molecular flexibility index (Phi) is 9.57. The Bertz CT molecular complexity index is 730. The lowest BCUT2D eigenvalue weighted by molar-refractivity contribution is -0.415. The van der Waals surface area contributed by atoms with Gasteiger partial charge in [0.15, 0.2) is 0 Å². The van der Waals surface area contributed by atoms with Gasteiger partial charge in [0, 0.05) is 0 Å². The molecule has 3 N–H and O–H groups in total. The van der Waals surface area contributed by atoms with Crippen LogP contribution in [-0.4, -0.2) is 43.5 Å². The van der Waals surface area contributed by atoms with E-state index in [1.807, 2.05) is 67.6 Å². The minimum atomic E-state index is -0.565. The van der Waals surface area contributed by atoms with Crippen LogP contribution in [-0.2, 0) is 37.0 Å². The average molecular weight is 422 g/mol. The van der Waals surface area contributed by atoms with Gasteiger partial charge < -0.3 is 37.1 Å². The van der Waals surface area contributed by atoms with Crippen LogP contribution in [0.25, 0.3) is 0 Å². The Morgan fingerprint density at radius 3 is 2.07 bits per heavy atom. The van der Waals surface area contributed by atoms with Crippen LogP contribution in [0.3, 0.4) is 0 Å². The molecule has 0 amide bonds. The SMILES string of the molecule is C[C@@H]1OC(=O)[C@@H]([NH3+])COC[C@H](OCc2ccccc2)[C@H]1OCc1ccccc1.[Cl-]. The fourth-order valence-corrected chi connectivity index (χ4v) is 3.07. The third-order valence-electron chi connectivity index (χ3n) is 4.66. The molecule has 0 aromatic heterocycles. The Labute approximate surface area is 177 Å². The molecule has 0 unspecified atom stereocenters. The first-order valence-corrected chi connectivity index (χ1v) is 9.56. The van der Waals surface area contributed by atoms with E-state index < -0.39 is 18.2 Å². The van der Waals surface area contributed by atoms with E-state index in [9.17, 15) is 4.79 Å². The summed E-state index contributed by atoms with van der Waals surface area (Å²) in [5.74, 6) is -0.385. The van der Waals surface area contributed by atoms with Gasteiger partial charge in [-0.1, -0.05) is 60.7 Å². The Morgan fingerprint density at radius 2 is 1.48 bits per heavy atom. The molecule has 1 heterocycles. The second-order valence-corrected chi connectivity index (χ2v) is 6.97. The van der Waals surface area contributed by atoms with E-state index >= 15 is 0 Å². The highest BCUT2D eigenvalue weighted by atomic mass is 35.5. The zero-order valence-corrected chi connectivity index (χ0v) is 17.3. The molecule has 29 heavy (non-hydrogen) atoms. The maximum absolute atomic E-state index is 12.2. The molecule has 1 fully saturated rings. The van der Waals surface area contributed by atoms with Crippen LogP contribution in [0.15, 0.2) is 60.7 Å². The predicted molar refractivity (Wildman–Crippen MR) is 103 cm³/mol. The molecule has 3 rings (SSSR count). The summed E-state index contributed by atoms with van der Waals surface area (Å²) in [6.07, 6.45) is -1.32. The lowest BCUT2D eigenvalue weighted by atomic mass is 10.1. The molecule has 0 radical (unpaired) electrons. The molecule has 0 spiro atoms. The van der Waals surface area contributed by atoms with E-state index in [4.69, 9.17) is 18.9 Å². The van der Waals surface area contributed by atoms with Crippen molar-refractivity contribution in [3.8, 4) is 0 Å². The summed E-state index contributed by atoms with van der Waals surface area (Å²) in [5.41, 5.74) is 5.91. The molecule has 4 atom stereocenters. The maximum Gasteiger partial charge on any atom is 0.367 e. The number of cyclic esters (lactones) is 1. The normalized spacial score (nSPS) is 25.1. The number of quaternary nitrogens is 1. The zero-order chi connectivity index (χ0) is 19.8. The fraction of sp³-hybridized carbons (Fsp3) is 0.409. The van der Waals surface area contributed by atoms with Crippen LogP contribution in [0.2, 0.25) is 0 Å². The number of hydrogen-bond acceptors (Lipinski definition) is 5. The number of benzene rings is 2. The van der Waals surface area contributed by atoms with E-state index in [1.54, 1.807) is 0 Å². The number of carbonyl (C=O) groups is 1. The number of hydrogen-bond donors (Lipinski definition) is 1. The van der Waals surface area contributed by atoms with Gasteiger partial charge in [0.05, 0.1) is 19.8 Å². The maximum atomic E-state index is 12.2. The largest absolute Gasteiger partial charge is 1.00 e. The van der Waals surface area contributed by atoms with E-state index in [-0.39, 0.29) is 31.1 Å². The number of halogens is 1. The van der Waals surface area contributed by atoms with Crippen LogP contribution in [0.1, 0.15) is 18.1 Å². The first-order valence-electron chi connectivity index (χ1n) is 9.56. The molecule has 0 saturated carbocycles.